The van der Waals surface area contributed by atoms with Crippen LogP contribution in [0.4, 0.5) is 8.78 Å². The van der Waals surface area contributed by atoms with E-state index in [0.717, 1.165) is 5.56 Å². The summed E-state index contributed by atoms with van der Waals surface area (Å²) in [5.74, 6) is -0.388. The summed E-state index contributed by atoms with van der Waals surface area (Å²) in [6.07, 6.45) is -1.22. The maximum Gasteiger partial charge on any atom is 0.130 e. The van der Waals surface area contributed by atoms with Crippen molar-refractivity contribution in [2.45, 2.75) is 25.6 Å². The zero-order valence-corrected chi connectivity index (χ0v) is 10.9. The molecule has 0 aliphatic carbocycles. The van der Waals surface area contributed by atoms with Crippen molar-refractivity contribution >= 4 is 0 Å². The van der Waals surface area contributed by atoms with Crippen molar-refractivity contribution in [3.63, 3.8) is 0 Å². The molecule has 0 amide bonds. The molecule has 20 heavy (non-hydrogen) atoms. The Hall–Kier alpha value is -1.94. The van der Waals surface area contributed by atoms with Crippen LogP contribution in [0.15, 0.2) is 36.4 Å². The summed E-state index contributed by atoms with van der Waals surface area (Å²) in [5, 5.41) is 10.1. The van der Waals surface area contributed by atoms with Crippen LogP contribution in [-0.2, 0) is 0 Å². The van der Waals surface area contributed by atoms with Gasteiger partial charge in [-0.25, -0.2) is 8.78 Å². The number of hydrogen-bond acceptors (Lipinski definition) is 2. The molecule has 4 heteroatoms. The van der Waals surface area contributed by atoms with Gasteiger partial charge in [0.05, 0.1) is 6.10 Å². The highest BCUT2D eigenvalue weighted by Crippen LogP contribution is 2.41. The van der Waals surface area contributed by atoms with Gasteiger partial charge in [-0.15, -0.1) is 0 Å². The molecule has 1 N–H and O–H groups in total. The van der Waals surface area contributed by atoms with Crippen molar-refractivity contribution < 1.29 is 18.6 Å². The van der Waals surface area contributed by atoms with E-state index in [1.807, 2.05) is 6.92 Å². The summed E-state index contributed by atoms with van der Waals surface area (Å²) < 4.78 is 32.8. The summed E-state index contributed by atoms with van der Waals surface area (Å²) in [4.78, 5) is 0. The number of ether oxygens (including phenoxy) is 1. The second-order valence-electron chi connectivity index (χ2n) is 5.07. The van der Waals surface area contributed by atoms with E-state index in [1.165, 1.54) is 24.3 Å². The van der Waals surface area contributed by atoms with Gasteiger partial charge < -0.3 is 9.84 Å². The molecule has 0 spiro atoms. The molecule has 0 aromatic heterocycles. The average Bonchev–Trinajstić information content (AvgIpc) is 2.42. The first-order valence-corrected chi connectivity index (χ1v) is 6.45. The molecule has 0 saturated carbocycles. The van der Waals surface area contributed by atoms with Crippen LogP contribution in [0.25, 0.3) is 0 Å². The van der Waals surface area contributed by atoms with E-state index in [-0.39, 0.29) is 12.2 Å². The topological polar surface area (TPSA) is 29.5 Å². The lowest BCUT2D eigenvalue weighted by atomic mass is 9.94. The lowest BCUT2D eigenvalue weighted by Crippen LogP contribution is -2.20. The SMILES string of the molecule is Cc1ccc(F)c(C2C[C@H](O)c3cc(F)ccc3O2)c1. The van der Waals surface area contributed by atoms with Crippen molar-refractivity contribution in [3.05, 3.63) is 64.7 Å². The summed E-state index contributed by atoms with van der Waals surface area (Å²) in [7, 11) is 0. The highest BCUT2D eigenvalue weighted by atomic mass is 19.1. The third kappa shape index (κ3) is 2.27. The molecule has 1 aliphatic heterocycles. The van der Waals surface area contributed by atoms with E-state index in [1.54, 1.807) is 12.1 Å². The fraction of sp³-hybridized carbons (Fsp3) is 0.250. The Balaban J connectivity index is 1.99. The minimum absolute atomic E-state index is 0.205. The Morgan fingerprint density at radius 2 is 1.90 bits per heavy atom. The Kier molecular flexibility index (Phi) is 3.18. The number of fused-ring (bicyclic) bond motifs is 1. The number of aryl methyl sites for hydroxylation is 1. The van der Waals surface area contributed by atoms with Crippen molar-refractivity contribution in [1.82, 2.24) is 0 Å². The number of rotatable bonds is 1. The van der Waals surface area contributed by atoms with Crippen molar-refractivity contribution in [3.8, 4) is 5.75 Å². The molecule has 0 fully saturated rings. The molecule has 1 heterocycles. The molecule has 0 saturated heterocycles. The maximum absolute atomic E-state index is 13.9. The van der Waals surface area contributed by atoms with Crippen LogP contribution in [0.3, 0.4) is 0 Å². The third-order valence-corrected chi connectivity index (χ3v) is 3.54. The molecule has 1 unspecified atom stereocenters. The van der Waals surface area contributed by atoms with Crippen LogP contribution in [0, 0.1) is 18.6 Å². The minimum atomic E-state index is -0.862. The van der Waals surface area contributed by atoms with Crippen LogP contribution < -0.4 is 4.74 Å². The summed E-state index contributed by atoms with van der Waals surface area (Å²) >= 11 is 0. The van der Waals surface area contributed by atoms with Gasteiger partial charge in [0.2, 0.25) is 0 Å². The first kappa shape index (κ1) is 13.1. The van der Waals surface area contributed by atoms with Crippen LogP contribution in [0.5, 0.6) is 5.75 Å². The van der Waals surface area contributed by atoms with Gasteiger partial charge in [-0.2, -0.15) is 0 Å². The van der Waals surface area contributed by atoms with Gasteiger partial charge in [0, 0.05) is 17.5 Å². The number of benzene rings is 2. The molecule has 3 rings (SSSR count). The molecule has 0 bridgehead atoms. The third-order valence-electron chi connectivity index (χ3n) is 3.54. The lowest BCUT2D eigenvalue weighted by molar-refractivity contribution is 0.0636. The first-order valence-electron chi connectivity index (χ1n) is 6.45. The van der Waals surface area contributed by atoms with Crippen molar-refractivity contribution in [2.75, 3.05) is 0 Å². The molecule has 1 aliphatic rings. The maximum atomic E-state index is 13.9. The Morgan fingerprint density at radius 1 is 1.10 bits per heavy atom. The van der Waals surface area contributed by atoms with Crippen LogP contribution in [0.2, 0.25) is 0 Å². The molecule has 0 radical (unpaired) electrons. The smallest absolute Gasteiger partial charge is 0.130 e. The van der Waals surface area contributed by atoms with Crippen molar-refractivity contribution in [1.29, 1.82) is 0 Å². The molecule has 2 aromatic rings. The Labute approximate surface area is 115 Å². The molecular formula is C16H14F2O2. The number of aliphatic hydroxyl groups is 1. The van der Waals surface area contributed by atoms with Crippen LogP contribution in [-0.4, -0.2) is 5.11 Å². The number of halogens is 2. The summed E-state index contributed by atoms with van der Waals surface area (Å²) in [6.45, 7) is 1.87. The van der Waals surface area contributed by atoms with Gasteiger partial charge in [-0.3, -0.25) is 0 Å². The van der Waals surface area contributed by atoms with Gasteiger partial charge in [-0.05, 0) is 37.3 Å². The fourth-order valence-corrected chi connectivity index (χ4v) is 2.52. The van der Waals surface area contributed by atoms with E-state index in [9.17, 15) is 13.9 Å². The van der Waals surface area contributed by atoms with E-state index in [4.69, 9.17) is 4.74 Å². The van der Waals surface area contributed by atoms with Crippen LogP contribution >= 0.6 is 0 Å². The average molecular weight is 276 g/mol. The Bertz CT molecular complexity index is 655. The molecule has 2 nitrogen and oxygen atoms in total. The highest BCUT2D eigenvalue weighted by molar-refractivity contribution is 5.39. The van der Waals surface area contributed by atoms with Gasteiger partial charge >= 0.3 is 0 Å². The summed E-state index contributed by atoms with van der Waals surface area (Å²) in [6, 6.07) is 8.76. The van der Waals surface area contributed by atoms with Gasteiger partial charge in [0.15, 0.2) is 0 Å². The second-order valence-corrected chi connectivity index (χ2v) is 5.07. The van der Waals surface area contributed by atoms with E-state index in [0.29, 0.717) is 16.9 Å². The van der Waals surface area contributed by atoms with E-state index < -0.39 is 18.0 Å². The monoisotopic (exact) mass is 276 g/mol. The zero-order valence-electron chi connectivity index (χ0n) is 10.9. The normalized spacial score (nSPS) is 21.2. The van der Waals surface area contributed by atoms with E-state index in [2.05, 4.69) is 0 Å². The van der Waals surface area contributed by atoms with Crippen LogP contribution in [0.1, 0.15) is 35.3 Å². The second kappa shape index (κ2) is 4.87. The Morgan fingerprint density at radius 3 is 2.70 bits per heavy atom. The standard InChI is InChI=1S/C16H14F2O2/c1-9-2-4-13(18)11(6-9)16-8-14(19)12-7-10(17)3-5-15(12)20-16/h2-7,14,16,19H,8H2,1H3/t14-,16?/m0/s1. The zero-order chi connectivity index (χ0) is 14.3. The quantitative estimate of drug-likeness (QED) is 0.857. The molecule has 2 aromatic carbocycles. The van der Waals surface area contributed by atoms with Gasteiger partial charge in [-0.1, -0.05) is 11.6 Å². The first-order chi connectivity index (χ1) is 9.54. The molecule has 2 atom stereocenters. The van der Waals surface area contributed by atoms with E-state index >= 15 is 0 Å². The molecule has 104 valence electrons. The predicted octanol–water partition coefficient (Wildman–Crippen LogP) is 3.83. The van der Waals surface area contributed by atoms with Crippen molar-refractivity contribution in [2.24, 2.45) is 0 Å². The van der Waals surface area contributed by atoms with Gasteiger partial charge in [0.1, 0.15) is 23.5 Å². The summed E-state index contributed by atoms with van der Waals surface area (Å²) in [5.41, 5.74) is 1.75. The number of aliphatic hydroxyl groups excluding tert-OH is 1. The van der Waals surface area contributed by atoms with Gasteiger partial charge in [0.25, 0.3) is 0 Å². The number of hydrogen-bond donors (Lipinski definition) is 1. The molecular weight excluding hydrogens is 262 g/mol. The fourth-order valence-electron chi connectivity index (χ4n) is 2.52. The largest absolute Gasteiger partial charge is 0.485 e. The predicted molar refractivity (Wildman–Crippen MR) is 70.5 cm³/mol. The minimum Gasteiger partial charge on any atom is -0.485 e. The lowest BCUT2D eigenvalue weighted by Gasteiger charge is -2.30. The highest BCUT2D eigenvalue weighted by Gasteiger charge is 2.30.